The normalized spacial score (nSPS) is 7.00. The topological polar surface area (TPSA) is 86.7 Å². The molecule has 40 valence electrons. The van der Waals surface area contributed by atoms with Crippen LogP contribution in [-0.4, -0.2) is 21.7 Å². The molecule has 0 amide bonds. The van der Waals surface area contributed by atoms with Gasteiger partial charge in [-0.1, -0.05) is 0 Å². The second-order valence-electron chi connectivity index (χ2n) is 0.268. The third kappa shape index (κ3) is 626. The van der Waals surface area contributed by atoms with Crippen molar-refractivity contribution < 1.29 is 14.7 Å². The van der Waals surface area contributed by atoms with Gasteiger partial charge in [0.1, 0.15) is 0 Å². The van der Waals surface area contributed by atoms with Gasteiger partial charge >= 0.3 is 8.60 Å². The van der Waals surface area contributed by atoms with Gasteiger partial charge < -0.3 is 20.4 Å². The Kier molecular flexibility index (Phi) is 14.3. The molecular weight excluding hydrogens is 105 g/mol. The summed E-state index contributed by atoms with van der Waals surface area (Å²) in [4.78, 5) is 21.7. The second kappa shape index (κ2) is 8.99. The zero-order valence-corrected chi connectivity index (χ0v) is 4.26. The highest BCUT2D eigenvalue weighted by atomic mass is 31.2. The molecule has 0 unspecified atom stereocenters. The highest BCUT2D eigenvalue weighted by Gasteiger charge is 1.76. The lowest BCUT2D eigenvalue weighted by Gasteiger charge is -1.76. The number of hydrogen-bond acceptors (Lipinski definition) is 4. The monoisotopic (exact) mass is 113 g/mol. The number of hydrogen-bond donors (Lipinski definition) is 4. The van der Waals surface area contributed by atoms with Gasteiger partial charge in [-0.3, -0.25) is 0 Å². The van der Waals surface area contributed by atoms with Crippen molar-refractivity contribution in [2.24, 2.45) is 5.73 Å². The van der Waals surface area contributed by atoms with Gasteiger partial charge in [-0.25, -0.2) is 0 Å². The molecule has 0 spiro atoms. The molecule has 0 radical (unpaired) electrons. The van der Waals surface area contributed by atoms with Crippen molar-refractivity contribution >= 4 is 8.60 Å². The summed E-state index contributed by atoms with van der Waals surface area (Å²) >= 11 is 0. The van der Waals surface area contributed by atoms with Crippen LogP contribution in [0.5, 0.6) is 0 Å². The van der Waals surface area contributed by atoms with Crippen molar-refractivity contribution in [1.82, 2.24) is 0 Å². The lowest BCUT2D eigenvalue weighted by atomic mass is 11.6. The van der Waals surface area contributed by atoms with E-state index in [0.29, 0.717) is 0 Å². The summed E-state index contributed by atoms with van der Waals surface area (Å²) in [7, 11) is -1.12. The first-order valence-electron chi connectivity index (χ1n) is 1.18. The van der Waals surface area contributed by atoms with Crippen molar-refractivity contribution in [3.63, 3.8) is 0 Å². The van der Waals surface area contributed by atoms with Crippen LogP contribution in [0.1, 0.15) is 0 Å². The van der Waals surface area contributed by atoms with E-state index in [-0.39, 0.29) is 0 Å². The molecule has 4 nitrogen and oxygen atoms in total. The van der Waals surface area contributed by atoms with E-state index in [1.165, 1.54) is 7.05 Å². The summed E-state index contributed by atoms with van der Waals surface area (Å²) in [6, 6.07) is 0. The molecule has 0 aliphatic rings. The molecule has 0 atom stereocenters. The maximum atomic E-state index is 7.23. The summed E-state index contributed by atoms with van der Waals surface area (Å²) in [5.41, 5.74) is 4.50. The third-order valence-corrected chi connectivity index (χ3v) is 0. The van der Waals surface area contributed by atoms with Gasteiger partial charge in [0, 0.05) is 0 Å². The second-order valence-corrected chi connectivity index (χ2v) is 0.805. The van der Waals surface area contributed by atoms with E-state index in [0.717, 1.165) is 0 Å². The van der Waals surface area contributed by atoms with Gasteiger partial charge in [0.25, 0.3) is 0 Å². The molecule has 0 saturated heterocycles. The van der Waals surface area contributed by atoms with Gasteiger partial charge in [-0.2, -0.15) is 0 Å². The fourth-order valence-electron chi connectivity index (χ4n) is 0. The van der Waals surface area contributed by atoms with Crippen LogP contribution in [0.4, 0.5) is 0 Å². The Morgan fingerprint density at radius 2 is 1.17 bits per heavy atom. The maximum Gasteiger partial charge on any atom is 0.324 e. The van der Waals surface area contributed by atoms with Gasteiger partial charge in [0.05, 0.1) is 0 Å². The van der Waals surface area contributed by atoms with Gasteiger partial charge in [-0.05, 0) is 7.05 Å². The third-order valence-electron chi connectivity index (χ3n) is 0. The van der Waals surface area contributed by atoms with Gasteiger partial charge in [0.15, 0.2) is 0 Å². The highest BCUT2D eigenvalue weighted by molar-refractivity contribution is 7.38. The molecule has 5 heteroatoms. The van der Waals surface area contributed by atoms with Crippen LogP contribution >= 0.6 is 8.60 Å². The van der Waals surface area contributed by atoms with E-state index in [1.807, 2.05) is 0 Å². The molecule has 0 heterocycles. The molecule has 0 aromatic heterocycles. The Morgan fingerprint density at radius 3 is 1.17 bits per heavy atom. The van der Waals surface area contributed by atoms with Gasteiger partial charge in [-0.15, -0.1) is 0 Å². The molecule has 0 saturated carbocycles. The Bertz CT molecular complexity index is 15.5. The Balaban J connectivity index is 0. The Hall–Kier alpha value is 0.270. The van der Waals surface area contributed by atoms with Crippen molar-refractivity contribution in [3.05, 3.63) is 0 Å². The van der Waals surface area contributed by atoms with Crippen LogP contribution in [-0.2, 0) is 0 Å². The predicted octanol–water partition coefficient (Wildman–Crippen LogP) is -1.23. The van der Waals surface area contributed by atoms with Crippen molar-refractivity contribution in [3.8, 4) is 0 Å². The number of nitrogens with two attached hydrogens (primary N) is 1. The molecule has 0 aliphatic carbocycles. The summed E-state index contributed by atoms with van der Waals surface area (Å²) in [5.74, 6) is 0. The minimum atomic E-state index is -2.62. The Morgan fingerprint density at radius 1 is 1.17 bits per heavy atom. The van der Waals surface area contributed by atoms with Gasteiger partial charge in [0.2, 0.25) is 0 Å². The average molecular weight is 113 g/mol. The minimum absolute atomic E-state index is 1.50. The summed E-state index contributed by atoms with van der Waals surface area (Å²) in [6.07, 6.45) is 0. The lowest BCUT2D eigenvalue weighted by Crippen LogP contribution is -1.69. The van der Waals surface area contributed by atoms with E-state index in [4.69, 9.17) is 14.7 Å². The summed E-state index contributed by atoms with van der Waals surface area (Å²) in [5, 5.41) is 0. The van der Waals surface area contributed by atoms with Crippen LogP contribution < -0.4 is 5.73 Å². The number of rotatable bonds is 0. The molecular formula is CH8NO3P. The maximum absolute atomic E-state index is 7.23. The van der Waals surface area contributed by atoms with Crippen LogP contribution in [0, 0.1) is 0 Å². The minimum Gasteiger partial charge on any atom is -0.333 e. The predicted molar refractivity (Wildman–Crippen MR) is 23.7 cm³/mol. The van der Waals surface area contributed by atoms with E-state index in [1.54, 1.807) is 0 Å². The molecule has 0 bridgehead atoms. The first-order chi connectivity index (χ1) is 2.73. The molecule has 5 N–H and O–H groups in total. The van der Waals surface area contributed by atoms with Crippen LogP contribution in [0.15, 0.2) is 0 Å². The Labute approximate surface area is 37.2 Å². The summed E-state index contributed by atoms with van der Waals surface area (Å²) < 4.78 is 0. The smallest absolute Gasteiger partial charge is 0.324 e. The molecule has 0 rings (SSSR count). The standard InChI is InChI=1S/CH5N.H3O3P/c1-2;1-4(2)3/h2H2,1H3;1-3H. The fraction of sp³-hybridized carbons (Fsp3) is 1.00. The first kappa shape index (κ1) is 9.55. The van der Waals surface area contributed by atoms with Crippen molar-refractivity contribution in [2.75, 3.05) is 7.05 Å². The van der Waals surface area contributed by atoms with Crippen LogP contribution in [0.3, 0.4) is 0 Å². The first-order valence-corrected chi connectivity index (χ1v) is 2.38. The average Bonchev–Trinajstić information content (AvgIpc) is 1.41. The summed E-state index contributed by atoms with van der Waals surface area (Å²) in [6.45, 7) is 0. The zero-order chi connectivity index (χ0) is 5.58. The van der Waals surface area contributed by atoms with E-state index < -0.39 is 8.60 Å². The quantitative estimate of drug-likeness (QED) is 0.296. The van der Waals surface area contributed by atoms with Crippen molar-refractivity contribution in [1.29, 1.82) is 0 Å². The molecule has 0 fully saturated rings. The lowest BCUT2D eigenvalue weighted by molar-refractivity contribution is 0.368. The van der Waals surface area contributed by atoms with Crippen LogP contribution in [0.2, 0.25) is 0 Å². The fourth-order valence-corrected chi connectivity index (χ4v) is 0. The van der Waals surface area contributed by atoms with Crippen molar-refractivity contribution in [2.45, 2.75) is 0 Å². The van der Waals surface area contributed by atoms with E-state index in [9.17, 15) is 0 Å². The molecule has 6 heavy (non-hydrogen) atoms. The molecule has 0 aromatic rings. The SMILES string of the molecule is CN.OP(O)O. The molecule has 0 aromatic carbocycles. The zero-order valence-electron chi connectivity index (χ0n) is 3.37. The van der Waals surface area contributed by atoms with Crippen LogP contribution in [0.25, 0.3) is 0 Å². The largest absolute Gasteiger partial charge is 0.333 e. The highest BCUT2D eigenvalue weighted by Crippen LogP contribution is 2.11. The molecule has 0 aliphatic heterocycles. The van der Waals surface area contributed by atoms with E-state index in [2.05, 4.69) is 5.73 Å². The van der Waals surface area contributed by atoms with E-state index >= 15 is 0 Å².